The number of primary amides is 1. The van der Waals surface area contributed by atoms with Gasteiger partial charge in [0.1, 0.15) is 0 Å². The number of nitrogens with two attached hydrogens (primary N) is 1. The Bertz CT molecular complexity index is 369. The number of rotatable bonds is 6. The lowest BCUT2D eigenvalue weighted by molar-refractivity contribution is -0.122. The first kappa shape index (κ1) is 14.0. The molecular weight excluding hydrogens is 236 g/mol. The number of hydrogen-bond acceptors (Lipinski definition) is 2. The predicted molar refractivity (Wildman–Crippen MR) is 69.7 cm³/mol. The number of alkyl halides is 1. The highest BCUT2D eigenvalue weighted by Crippen LogP contribution is 2.39. The number of amides is 1. The molecule has 0 aliphatic rings. The highest BCUT2D eigenvalue weighted by molar-refractivity contribution is 6.34. The first-order chi connectivity index (χ1) is 8.07. The van der Waals surface area contributed by atoms with Crippen LogP contribution in [-0.2, 0) is 9.67 Å². The van der Waals surface area contributed by atoms with Gasteiger partial charge in [-0.1, -0.05) is 32.8 Å². The Labute approximate surface area is 107 Å². The molecule has 0 aliphatic carbocycles. The summed E-state index contributed by atoms with van der Waals surface area (Å²) < 4.78 is 0. The summed E-state index contributed by atoms with van der Waals surface area (Å²) in [5, 5.41) is 0. The molecule has 3 nitrogen and oxygen atoms in total. The fourth-order valence-electron chi connectivity index (χ4n) is 2.15. The Balaban J connectivity index is 3.17. The van der Waals surface area contributed by atoms with Gasteiger partial charge in [0.05, 0.1) is 5.69 Å². The standard InChI is InChI=1S/C13H19ClN2O/c1-3-7-10(4-2)13(14,12(15)17)11-8-5-6-9-16-11/h5-6,8-10H,3-4,7H2,1-2H3,(H2,15,17). The zero-order valence-electron chi connectivity index (χ0n) is 10.3. The SMILES string of the molecule is CCCC(CC)C(Cl)(C(N)=O)c1ccccn1. The summed E-state index contributed by atoms with van der Waals surface area (Å²) in [4.78, 5) is 14.7. The first-order valence-electron chi connectivity index (χ1n) is 5.97. The van der Waals surface area contributed by atoms with E-state index in [4.69, 9.17) is 17.3 Å². The lowest BCUT2D eigenvalue weighted by Crippen LogP contribution is -2.43. The molecule has 17 heavy (non-hydrogen) atoms. The van der Waals surface area contributed by atoms with Crippen molar-refractivity contribution < 1.29 is 4.79 Å². The van der Waals surface area contributed by atoms with E-state index >= 15 is 0 Å². The third-order valence-corrected chi connectivity index (χ3v) is 3.78. The molecule has 0 saturated heterocycles. The maximum Gasteiger partial charge on any atom is 0.245 e. The Morgan fingerprint density at radius 3 is 2.65 bits per heavy atom. The normalized spacial score (nSPS) is 16.2. The number of nitrogens with zero attached hydrogens (tertiary/aromatic N) is 1. The zero-order valence-corrected chi connectivity index (χ0v) is 11.1. The van der Waals surface area contributed by atoms with E-state index < -0.39 is 10.8 Å². The van der Waals surface area contributed by atoms with Gasteiger partial charge in [0.25, 0.3) is 0 Å². The second kappa shape index (κ2) is 6.01. The smallest absolute Gasteiger partial charge is 0.245 e. The highest BCUT2D eigenvalue weighted by Gasteiger charge is 2.44. The lowest BCUT2D eigenvalue weighted by atomic mass is 9.82. The molecule has 1 rings (SSSR count). The minimum absolute atomic E-state index is 0.0153. The molecule has 94 valence electrons. The molecule has 0 fully saturated rings. The summed E-state index contributed by atoms with van der Waals surface area (Å²) in [5.74, 6) is -0.500. The number of aromatic nitrogens is 1. The molecule has 2 unspecified atom stereocenters. The van der Waals surface area contributed by atoms with Crippen LogP contribution in [0.1, 0.15) is 38.8 Å². The number of halogens is 1. The van der Waals surface area contributed by atoms with Crippen LogP contribution in [0.3, 0.4) is 0 Å². The van der Waals surface area contributed by atoms with Crippen molar-refractivity contribution in [2.75, 3.05) is 0 Å². The second-order valence-corrected chi connectivity index (χ2v) is 4.78. The van der Waals surface area contributed by atoms with Crippen LogP contribution in [0.4, 0.5) is 0 Å². The van der Waals surface area contributed by atoms with Crippen molar-refractivity contribution in [2.24, 2.45) is 11.7 Å². The molecule has 0 aliphatic heterocycles. The van der Waals surface area contributed by atoms with Crippen LogP contribution in [0.15, 0.2) is 24.4 Å². The van der Waals surface area contributed by atoms with E-state index in [1.165, 1.54) is 0 Å². The van der Waals surface area contributed by atoms with Gasteiger partial charge in [-0.15, -0.1) is 11.6 Å². The predicted octanol–water partition coefficient (Wildman–Crippen LogP) is 2.83. The average molecular weight is 255 g/mol. The van der Waals surface area contributed by atoms with Gasteiger partial charge >= 0.3 is 0 Å². The minimum atomic E-state index is -1.19. The fourth-order valence-corrected chi connectivity index (χ4v) is 2.52. The maximum absolute atomic E-state index is 11.7. The number of carbonyl (C=O) groups is 1. The minimum Gasteiger partial charge on any atom is -0.368 e. The van der Waals surface area contributed by atoms with Crippen molar-refractivity contribution in [1.82, 2.24) is 4.98 Å². The Morgan fingerprint density at radius 2 is 2.24 bits per heavy atom. The average Bonchev–Trinajstić information content (AvgIpc) is 2.35. The van der Waals surface area contributed by atoms with E-state index in [1.54, 1.807) is 18.3 Å². The number of carbonyl (C=O) groups excluding carboxylic acids is 1. The van der Waals surface area contributed by atoms with Crippen LogP contribution < -0.4 is 5.73 Å². The number of pyridine rings is 1. The molecule has 1 amide bonds. The molecule has 1 aromatic rings. The van der Waals surface area contributed by atoms with Gasteiger partial charge in [-0.2, -0.15) is 0 Å². The summed E-state index contributed by atoms with van der Waals surface area (Å²) >= 11 is 6.51. The molecule has 2 N–H and O–H groups in total. The molecule has 0 saturated carbocycles. The van der Waals surface area contributed by atoms with Gasteiger partial charge in [-0.25, -0.2) is 0 Å². The number of hydrogen-bond donors (Lipinski definition) is 1. The van der Waals surface area contributed by atoms with Crippen LogP contribution in [0, 0.1) is 5.92 Å². The van der Waals surface area contributed by atoms with Crippen LogP contribution in [0.2, 0.25) is 0 Å². The van der Waals surface area contributed by atoms with E-state index in [0.717, 1.165) is 19.3 Å². The van der Waals surface area contributed by atoms with E-state index in [9.17, 15) is 4.79 Å². The van der Waals surface area contributed by atoms with E-state index in [1.807, 2.05) is 13.0 Å². The Hall–Kier alpha value is -1.09. The molecule has 1 aromatic heterocycles. The molecular formula is C13H19ClN2O. The van der Waals surface area contributed by atoms with Crippen molar-refractivity contribution in [3.8, 4) is 0 Å². The van der Waals surface area contributed by atoms with Crippen molar-refractivity contribution in [1.29, 1.82) is 0 Å². The molecule has 0 spiro atoms. The lowest BCUT2D eigenvalue weighted by Gasteiger charge is -2.31. The fraction of sp³-hybridized carbons (Fsp3) is 0.538. The third kappa shape index (κ3) is 2.78. The van der Waals surface area contributed by atoms with Crippen molar-refractivity contribution in [3.05, 3.63) is 30.1 Å². The molecule has 0 radical (unpaired) electrons. The van der Waals surface area contributed by atoms with Gasteiger partial charge in [0.2, 0.25) is 5.91 Å². The molecule has 4 heteroatoms. The largest absolute Gasteiger partial charge is 0.368 e. The van der Waals surface area contributed by atoms with Gasteiger partial charge in [0.15, 0.2) is 4.87 Å². The Morgan fingerprint density at radius 1 is 1.53 bits per heavy atom. The zero-order chi connectivity index (χ0) is 12.9. The summed E-state index contributed by atoms with van der Waals surface area (Å²) in [6, 6.07) is 5.37. The van der Waals surface area contributed by atoms with E-state index in [-0.39, 0.29) is 5.92 Å². The van der Waals surface area contributed by atoms with Crippen molar-refractivity contribution >= 4 is 17.5 Å². The maximum atomic E-state index is 11.7. The summed E-state index contributed by atoms with van der Waals surface area (Å²) in [6.45, 7) is 4.09. The van der Waals surface area contributed by atoms with E-state index in [2.05, 4.69) is 11.9 Å². The summed E-state index contributed by atoms with van der Waals surface area (Å²) in [6.07, 6.45) is 4.26. The monoisotopic (exact) mass is 254 g/mol. The van der Waals surface area contributed by atoms with Gasteiger partial charge < -0.3 is 5.73 Å². The first-order valence-corrected chi connectivity index (χ1v) is 6.35. The second-order valence-electron chi connectivity index (χ2n) is 4.18. The van der Waals surface area contributed by atoms with E-state index in [0.29, 0.717) is 5.69 Å². The topological polar surface area (TPSA) is 56.0 Å². The quantitative estimate of drug-likeness (QED) is 0.794. The van der Waals surface area contributed by atoms with Crippen LogP contribution in [0.25, 0.3) is 0 Å². The summed E-state index contributed by atoms with van der Waals surface area (Å²) in [7, 11) is 0. The summed E-state index contributed by atoms with van der Waals surface area (Å²) in [5.41, 5.74) is 6.05. The van der Waals surface area contributed by atoms with Gasteiger partial charge in [-0.3, -0.25) is 9.78 Å². The molecule has 0 bridgehead atoms. The van der Waals surface area contributed by atoms with Crippen LogP contribution in [0.5, 0.6) is 0 Å². The Kier molecular flexibility index (Phi) is 4.94. The van der Waals surface area contributed by atoms with Gasteiger partial charge in [-0.05, 0) is 24.5 Å². The van der Waals surface area contributed by atoms with Crippen molar-refractivity contribution in [3.63, 3.8) is 0 Å². The molecule has 2 atom stereocenters. The highest BCUT2D eigenvalue weighted by atomic mass is 35.5. The van der Waals surface area contributed by atoms with Crippen molar-refractivity contribution in [2.45, 2.75) is 38.0 Å². The van der Waals surface area contributed by atoms with Crippen LogP contribution >= 0.6 is 11.6 Å². The third-order valence-electron chi connectivity index (χ3n) is 3.09. The molecule has 0 aromatic carbocycles. The molecule has 1 heterocycles. The van der Waals surface area contributed by atoms with Crippen LogP contribution in [-0.4, -0.2) is 10.9 Å². The van der Waals surface area contributed by atoms with Gasteiger partial charge in [0, 0.05) is 6.20 Å².